The van der Waals surface area contributed by atoms with Gasteiger partial charge in [0.2, 0.25) is 17.6 Å². The van der Waals surface area contributed by atoms with Gasteiger partial charge < -0.3 is 19.9 Å². The van der Waals surface area contributed by atoms with Gasteiger partial charge >= 0.3 is 0 Å². The van der Waals surface area contributed by atoms with Crippen molar-refractivity contribution in [2.24, 2.45) is 0 Å². The highest BCUT2D eigenvalue weighted by atomic mass is 35.5. The molecular formula is C16H21ClN4O3S. The first-order chi connectivity index (χ1) is 11.7. The number of anilines is 1. The van der Waals surface area contributed by atoms with Crippen molar-refractivity contribution >= 4 is 35.8 Å². The molecule has 1 aromatic heterocycles. The van der Waals surface area contributed by atoms with E-state index in [0.717, 1.165) is 23.7 Å². The number of aromatic nitrogens is 2. The third-order valence-corrected chi connectivity index (χ3v) is 4.64. The number of nitrogens with zero attached hydrogens (tertiary/aromatic N) is 2. The van der Waals surface area contributed by atoms with Crippen LogP contribution in [0.25, 0.3) is 0 Å². The zero-order valence-electron chi connectivity index (χ0n) is 13.9. The van der Waals surface area contributed by atoms with Crippen LogP contribution >= 0.6 is 24.2 Å². The number of hydrogen-bond acceptors (Lipinski definition) is 7. The normalized spacial score (nSPS) is 16.8. The van der Waals surface area contributed by atoms with Crippen molar-refractivity contribution in [2.75, 3.05) is 23.4 Å². The predicted molar refractivity (Wildman–Crippen MR) is 99.4 cm³/mol. The van der Waals surface area contributed by atoms with E-state index in [0.29, 0.717) is 23.9 Å². The number of hydrogen-bond donors (Lipinski definition) is 2. The summed E-state index contributed by atoms with van der Waals surface area (Å²) in [6, 6.07) is 7.49. The van der Waals surface area contributed by atoms with Gasteiger partial charge in [-0.15, -0.1) is 12.4 Å². The minimum atomic E-state index is 0. The van der Waals surface area contributed by atoms with Crippen LogP contribution in [-0.4, -0.2) is 40.1 Å². The largest absolute Gasteiger partial charge is 0.485 e. The zero-order valence-corrected chi connectivity index (χ0v) is 15.5. The molecule has 1 amide bonds. The Labute approximate surface area is 156 Å². The Hall–Kier alpha value is -1.77. The quantitative estimate of drug-likeness (QED) is 0.790. The third-order valence-electron chi connectivity index (χ3n) is 3.51. The number of amides is 1. The zero-order chi connectivity index (χ0) is 16.8. The molecule has 3 rings (SSSR count). The number of benzene rings is 1. The molecule has 25 heavy (non-hydrogen) atoms. The van der Waals surface area contributed by atoms with Crippen molar-refractivity contribution in [3.63, 3.8) is 0 Å². The summed E-state index contributed by atoms with van der Waals surface area (Å²) in [5, 5.41) is 10.0. The molecule has 1 fully saturated rings. The summed E-state index contributed by atoms with van der Waals surface area (Å²) in [5.41, 5.74) is 0.756. The van der Waals surface area contributed by atoms with E-state index in [-0.39, 0.29) is 31.0 Å². The molecule has 1 saturated heterocycles. The molecule has 2 N–H and O–H groups in total. The molecule has 0 radical (unpaired) electrons. The molecule has 1 aromatic carbocycles. The van der Waals surface area contributed by atoms with Crippen LogP contribution in [0.3, 0.4) is 0 Å². The highest BCUT2D eigenvalue weighted by molar-refractivity contribution is 7.99. The average Bonchev–Trinajstić information content (AvgIpc) is 3.00. The predicted octanol–water partition coefficient (Wildman–Crippen LogP) is 2.41. The summed E-state index contributed by atoms with van der Waals surface area (Å²) in [6.07, 6.45) is 0.489. The Morgan fingerprint density at radius 3 is 2.88 bits per heavy atom. The van der Waals surface area contributed by atoms with Crippen molar-refractivity contribution in [3.05, 3.63) is 36.0 Å². The number of halogens is 1. The van der Waals surface area contributed by atoms with Gasteiger partial charge in [-0.1, -0.05) is 5.16 Å². The van der Waals surface area contributed by atoms with Crippen molar-refractivity contribution < 1.29 is 14.1 Å². The second-order valence-corrected chi connectivity index (χ2v) is 6.67. The van der Waals surface area contributed by atoms with Crippen LogP contribution in [0, 0.1) is 6.92 Å². The summed E-state index contributed by atoms with van der Waals surface area (Å²) < 4.78 is 10.5. The average molecular weight is 385 g/mol. The van der Waals surface area contributed by atoms with E-state index in [1.807, 2.05) is 23.9 Å². The molecule has 1 unspecified atom stereocenters. The molecule has 2 heterocycles. The smallest absolute Gasteiger partial charge is 0.225 e. The van der Waals surface area contributed by atoms with Crippen molar-refractivity contribution in [1.82, 2.24) is 15.5 Å². The lowest BCUT2D eigenvalue weighted by molar-refractivity contribution is -0.116. The number of nitrogens with one attached hydrogen (secondary N) is 2. The summed E-state index contributed by atoms with van der Waals surface area (Å²) in [4.78, 5) is 16.1. The molecule has 9 heteroatoms. The van der Waals surface area contributed by atoms with E-state index >= 15 is 0 Å². The standard InChI is InChI=1S/C16H20N4O3S.ClH/c1-11-18-15(20-23-11)9-22-14-4-2-12(3-5-14)19-16(21)8-13-10-24-7-6-17-13;/h2-5,13,17H,6-10H2,1H3,(H,19,21);1H. The minimum Gasteiger partial charge on any atom is -0.485 e. The molecule has 1 aliphatic heterocycles. The van der Waals surface area contributed by atoms with Crippen LogP contribution in [0.1, 0.15) is 18.1 Å². The van der Waals surface area contributed by atoms with Gasteiger partial charge in [0.25, 0.3) is 0 Å². The Morgan fingerprint density at radius 2 is 2.24 bits per heavy atom. The van der Waals surface area contributed by atoms with E-state index < -0.39 is 0 Å². The summed E-state index contributed by atoms with van der Waals surface area (Å²) in [5.74, 6) is 3.81. The lowest BCUT2D eigenvalue weighted by Gasteiger charge is -2.22. The van der Waals surface area contributed by atoms with Crippen LogP contribution in [-0.2, 0) is 11.4 Å². The van der Waals surface area contributed by atoms with Crippen LogP contribution in [0.15, 0.2) is 28.8 Å². The van der Waals surface area contributed by atoms with E-state index in [1.54, 1.807) is 19.1 Å². The first-order valence-electron chi connectivity index (χ1n) is 7.82. The van der Waals surface area contributed by atoms with Gasteiger partial charge in [-0.3, -0.25) is 4.79 Å². The van der Waals surface area contributed by atoms with Crippen molar-refractivity contribution in [2.45, 2.75) is 26.0 Å². The summed E-state index contributed by atoms with van der Waals surface area (Å²) in [6.45, 7) is 2.94. The maximum atomic E-state index is 12.1. The Bertz CT molecular complexity index is 674. The first-order valence-corrected chi connectivity index (χ1v) is 8.97. The fourth-order valence-electron chi connectivity index (χ4n) is 2.37. The van der Waals surface area contributed by atoms with E-state index in [4.69, 9.17) is 9.26 Å². The van der Waals surface area contributed by atoms with Crippen LogP contribution in [0.2, 0.25) is 0 Å². The highest BCUT2D eigenvalue weighted by Gasteiger charge is 2.16. The maximum Gasteiger partial charge on any atom is 0.225 e. The number of ether oxygens (including phenoxy) is 1. The molecule has 1 aliphatic rings. The molecule has 0 spiro atoms. The fourth-order valence-corrected chi connectivity index (χ4v) is 3.32. The summed E-state index contributed by atoms with van der Waals surface area (Å²) in [7, 11) is 0. The van der Waals surface area contributed by atoms with Crippen molar-refractivity contribution in [3.8, 4) is 5.75 Å². The number of carbonyl (C=O) groups excluding carboxylic acids is 1. The highest BCUT2D eigenvalue weighted by Crippen LogP contribution is 2.17. The van der Waals surface area contributed by atoms with Gasteiger partial charge in [0.15, 0.2) is 6.61 Å². The van der Waals surface area contributed by atoms with Crippen LogP contribution in [0.4, 0.5) is 5.69 Å². The fraction of sp³-hybridized carbons (Fsp3) is 0.438. The van der Waals surface area contributed by atoms with Gasteiger partial charge in [0.1, 0.15) is 5.75 Å². The Balaban J connectivity index is 0.00000225. The monoisotopic (exact) mass is 384 g/mol. The number of rotatable bonds is 6. The van der Waals surface area contributed by atoms with E-state index in [2.05, 4.69) is 20.8 Å². The number of aryl methyl sites for hydroxylation is 1. The molecule has 0 saturated carbocycles. The number of carbonyl (C=O) groups is 1. The second kappa shape index (κ2) is 9.65. The van der Waals surface area contributed by atoms with Crippen LogP contribution < -0.4 is 15.4 Å². The molecule has 136 valence electrons. The Morgan fingerprint density at radius 1 is 1.44 bits per heavy atom. The van der Waals surface area contributed by atoms with Gasteiger partial charge in [0.05, 0.1) is 0 Å². The van der Waals surface area contributed by atoms with Crippen molar-refractivity contribution in [1.29, 1.82) is 0 Å². The summed E-state index contributed by atoms with van der Waals surface area (Å²) >= 11 is 1.88. The van der Waals surface area contributed by atoms with Gasteiger partial charge in [0, 0.05) is 43.1 Å². The van der Waals surface area contributed by atoms with Gasteiger partial charge in [-0.25, -0.2) is 0 Å². The molecule has 0 bridgehead atoms. The minimum absolute atomic E-state index is 0. The van der Waals surface area contributed by atoms with E-state index in [9.17, 15) is 4.79 Å². The first kappa shape index (κ1) is 19.6. The second-order valence-electron chi connectivity index (χ2n) is 5.52. The SMILES string of the molecule is Cc1nc(COc2ccc(NC(=O)CC3CSCCN3)cc2)no1.Cl. The molecule has 0 aliphatic carbocycles. The number of thioether (sulfide) groups is 1. The van der Waals surface area contributed by atoms with Gasteiger partial charge in [-0.2, -0.15) is 16.7 Å². The lowest BCUT2D eigenvalue weighted by Crippen LogP contribution is -2.39. The van der Waals surface area contributed by atoms with Gasteiger partial charge in [-0.05, 0) is 24.3 Å². The van der Waals surface area contributed by atoms with Crippen LogP contribution in [0.5, 0.6) is 5.75 Å². The third kappa shape index (κ3) is 6.22. The molecule has 1 atom stereocenters. The molecule has 2 aromatic rings. The maximum absolute atomic E-state index is 12.1. The van der Waals surface area contributed by atoms with E-state index in [1.165, 1.54) is 0 Å². The lowest BCUT2D eigenvalue weighted by atomic mass is 10.2. The molecular weight excluding hydrogens is 364 g/mol. The Kier molecular flexibility index (Phi) is 7.54. The topological polar surface area (TPSA) is 89.3 Å². The molecule has 7 nitrogen and oxygen atoms in total.